The molecule has 0 saturated carbocycles. The van der Waals surface area contributed by atoms with Crippen molar-refractivity contribution in [1.29, 1.82) is 0 Å². The number of aliphatic hydroxyl groups excluding tert-OH is 1. The zero-order valence-electron chi connectivity index (χ0n) is 20.4. The summed E-state index contributed by atoms with van der Waals surface area (Å²) in [6.45, 7) is 3.45. The van der Waals surface area contributed by atoms with Crippen LogP contribution in [0.3, 0.4) is 0 Å². The molecule has 9 nitrogen and oxygen atoms in total. The minimum absolute atomic E-state index is 0.110. The second kappa shape index (κ2) is 10.7. The molecule has 0 aliphatic carbocycles. The summed E-state index contributed by atoms with van der Waals surface area (Å²) in [4.78, 5) is 32.8. The van der Waals surface area contributed by atoms with E-state index in [4.69, 9.17) is 0 Å². The summed E-state index contributed by atoms with van der Waals surface area (Å²) < 4.78 is 56.0. The number of anilines is 1. The molecule has 4 aromatic rings. The maximum atomic E-state index is 14.9. The molecule has 3 aromatic heterocycles. The number of nitrogens with one attached hydrogen (secondary N) is 2. The molecular weight excluding hydrogens is 508 g/mol. The molecular formula is C25H24F4N6O3. The first-order valence-electron chi connectivity index (χ1n) is 11.7. The SMILES string of the molecule is CC(CCCn1ccc2cc(-c3ncc(C(C)O)cn3)c(F)cc2c1=O)Nc1cn[nH]c(=O)c1C(F)(F)F. The Bertz CT molecular complexity index is 1570. The third-order valence-electron chi connectivity index (χ3n) is 6.04. The van der Waals surface area contributed by atoms with Crippen molar-refractivity contribution in [3.63, 3.8) is 0 Å². The number of alkyl halides is 3. The number of benzene rings is 1. The van der Waals surface area contributed by atoms with Crippen molar-refractivity contribution >= 4 is 16.5 Å². The molecule has 2 atom stereocenters. The molecule has 0 saturated heterocycles. The highest BCUT2D eigenvalue weighted by Gasteiger charge is 2.37. The van der Waals surface area contributed by atoms with E-state index >= 15 is 0 Å². The number of rotatable bonds is 8. The van der Waals surface area contributed by atoms with Crippen LogP contribution in [0.15, 0.2) is 52.6 Å². The minimum atomic E-state index is -4.85. The Morgan fingerprint density at radius 1 is 1.13 bits per heavy atom. The van der Waals surface area contributed by atoms with Crippen LogP contribution in [0.25, 0.3) is 22.2 Å². The highest BCUT2D eigenvalue weighted by molar-refractivity contribution is 5.85. The van der Waals surface area contributed by atoms with Crippen LogP contribution in [0.1, 0.15) is 43.9 Å². The van der Waals surface area contributed by atoms with Crippen LogP contribution in [0.5, 0.6) is 0 Å². The Morgan fingerprint density at radius 2 is 1.84 bits per heavy atom. The van der Waals surface area contributed by atoms with Gasteiger partial charge in [0.25, 0.3) is 11.1 Å². The maximum absolute atomic E-state index is 14.9. The predicted octanol–water partition coefficient (Wildman–Crippen LogP) is 4.03. The lowest BCUT2D eigenvalue weighted by atomic mass is 10.1. The number of aromatic nitrogens is 5. The van der Waals surface area contributed by atoms with Gasteiger partial charge >= 0.3 is 6.18 Å². The normalized spacial score (nSPS) is 13.4. The molecule has 0 fully saturated rings. The Labute approximate surface area is 213 Å². The van der Waals surface area contributed by atoms with Gasteiger partial charge in [-0.25, -0.2) is 19.5 Å². The van der Waals surface area contributed by atoms with Gasteiger partial charge in [-0.05, 0) is 50.3 Å². The van der Waals surface area contributed by atoms with Crippen LogP contribution in [-0.4, -0.2) is 35.9 Å². The fourth-order valence-corrected chi connectivity index (χ4v) is 4.04. The van der Waals surface area contributed by atoms with Gasteiger partial charge in [0.05, 0.1) is 28.9 Å². The molecule has 200 valence electrons. The van der Waals surface area contributed by atoms with E-state index in [1.165, 1.54) is 23.0 Å². The highest BCUT2D eigenvalue weighted by Crippen LogP contribution is 2.32. The van der Waals surface area contributed by atoms with Crippen molar-refractivity contribution in [2.45, 2.75) is 51.6 Å². The summed E-state index contributed by atoms with van der Waals surface area (Å²) in [7, 11) is 0. The molecule has 3 heterocycles. The van der Waals surface area contributed by atoms with Gasteiger partial charge in [-0.3, -0.25) is 9.59 Å². The van der Waals surface area contributed by atoms with Crippen molar-refractivity contribution in [3.8, 4) is 11.4 Å². The first-order chi connectivity index (χ1) is 18.0. The Hall–Kier alpha value is -4.13. The molecule has 0 bridgehead atoms. The standard InChI is InChI=1S/C25H24F4N6O3/c1-13(33-20-12-32-34-23(37)21(20)25(27,28)29)4-3-6-35-7-5-15-8-18(19(26)9-17(15)24(35)38)22-30-10-16(11-31-22)14(2)36/h5,7-14,36H,3-4,6H2,1-2H3,(H2,33,34,37). The molecule has 13 heteroatoms. The molecule has 0 spiro atoms. The average molecular weight is 532 g/mol. The number of hydrogen-bond acceptors (Lipinski definition) is 7. The summed E-state index contributed by atoms with van der Waals surface area (Å²) in [6, 6.07) is 3.80. The number of hydrogen-bond donors (Lipinski definition) is 3. The maximum Gasteiger partial charge on any atom is 0.423 e. The fourth-order valence-electron chi connectivity index (χ4n) is 4.04. The Kier molecular flexibility index (Phi) is 7.58. The molecule has 0 aliphatic heterocycles. The van der Waals surface area contributed by atoms with Crippen LogP contribution in [0.2, 0.25) is 0 Å². The van der Waals surface area contributed by atoms with Crippen LogP contribution >= 0.6 is 0 Å². The predicted molar refractivity (Wildman–Crippen MR) is 132 cm³/mol. The summed E-state index contributed by atoms with van der Waals surface area (Å²) in [5.74, 6) is -0.564. The molecule has 38 heavy (non-hydrogen) atoms. The minimum Gasteiger partial charge on any atom is -0.389 e. The molecule has 2 unspecified atom stereocenters. The zero-order chi connectivity index (χ0) is 27.6. The van der Waals surface area contributed by atoms with Gasteiger partial charge in [-0.2, -0.15) is 18.3 Å². The van der Waals surface area contributed by atoms with E-state index in [1.807, 2.05) is 0 Å². The fraction of sp³-hybridized carbons (Fsp3) is 0.320. The summed E-state index contributed by atoms with van der Waals surface area (Å²) in [5, 5.41) is 18.1. The van der Waals surface area contributed by atoms with Gasteiger partial charge < -0.3 is 15.0 Å². The van der Waals surface area contributed by atoms with E-state index in [9.17, 15) is 32.3 Å². The monoisotopic (exact) mass is 532 g/mol. The van der Waals surface area contributed by atoms with Gasteiger partial charge in [0.1, 0.15) is 11.4 Å². The van der Waals surface area contributed by atoms with Crippen LogP contribution in [0, 0.1) is 5.82 Å². The average Bonchev–Trinajstić information content (AvgIpc) is 2.85. The Balaban J connectivity index is 1.47. The largest absolute Gasteiger partial charge is 0.423 e. The number of H-pyrrole nitrogens is 1. The third-order valence-corrected chi connectivity index (χ3v) is 6.04. The van der Waals surface area contributed by atoms with Gasteiger partial charge in [-0.15, -0.1) is 0 Å². The number of aliphatic hydroxyl groups is 1. The first kappa shape index (κ1) is 26.9. The summed E-state index contributed by atoms with van der Waals surface area (Å²) in [5.41, 5.74) is -2.94. The Morgan fingerprint density at radius 3 is 2.50 bits per heavy atom. The molecule has 0 aliphatic rings. The van der Waals surface area contributed by atoms with Crippen molar-refractivity contribution in [1.82, 2.24) is 24.7 Å². The third kappa shape index (κ3) is 5.72. The van der Waals surface area contributed by atoms with Crippen LogP contribution in [0.4, 0.5) is 23.2 Å². The lowest BCUT2D eigenvalue weighted by Crippen LogP contribution is -2.27. The molecule has 0 amide bonds. The van der Waals surface area contributed by atoms with Gasteiger partial charge in [0, 0.05) is 36.7 Å². The summed E-state index contributed by atoms with van der Waals surface area (Å²) >= 11 is 0. The zero-order valence-corrected chi connectivity index (χ0v) is 20.4. The lowest BCUT2D eigenvalue weighted by molar-refractivity contribution is -0.138. The number of pyridine rings is 1. The lowest BCUT2D eigenvalue weighted by Gasteiger charge is -2.18. The van der Waals surface area contributed by atoms with Crippen molar-refractivity contribution in [2.24, 2.45) is 0 Å². The number of nitrogens with zero attached hydrogens (tertiary/aromatic N) is 4. The van der Waals surface area contributed by atoms with Gasteiger partial charge in [0.2, 0.25) is 0 Å². The van der Waals surface area contributed by atoms with Gasteiger partial charge in [-0.1, -0.05) is 0 Å². The van der Waals surface area contributed by atoms with Crippen molar-refractivity contribution in [2.75, 3.05) is 5.32 Å². The first-order valence-corrected chi connectivity index (χ1v) is 11.7. The molecule has 1 aromatic carbocycles. The molecule has 4 rings (SSSR count). The smallest absolute Gasteiger partial charge is 0.389 e. The van der Waals surface area contributed by atoms with E-state index in [-0.39, 0.29) is 23.3 Å². The van der Waals surface area contributed by atoms with Crippen molar-refractivity contribution < 1.29 is 22.7 Å². The molecule has 0 radical (unpaired) electrons. The van der Waals surface area contributed by atoms with E-state index in [0.29, 0.717) is 23.8 Å². The number of aromatic amines is 1. The second-order valence-corrected chi connectivity index (χ2v) is 8.92. The highest BCUT2D eigenvalue weighted by atomic mass is 19.4. The van der Waals surface area contributed by atoms with E-state index in [1.54, 1.807) is 31.2 Å². The summed E-state index contributed by atoms with van der Waals surface area (Å²) in [6.07, 6.45) is 0.457. The van der Waals surface area contributed by atoms with Crippen LogP contribution in [-0.2, 0) is 12.7 Å². The van der Waals surface area contributed by atoms with Crippen LogP contribution < -0.4 is 16.4 Å². The van der Waals surface area contributed by atoms with E-state index in [2.05, 4.69) is 20.4 Å². The second-order valence-electron chi connectivity index (χ2n) is 8.92. The number of halogens is 4. The molecule has 3 N–H and O–H groups in total. The quantitative estimate of drug-likeness (QED) is 0.293. The van der Waals surface area contributed by atoms with E-state index in [0.717, 1.165) is 12.3 Å². The van der Waals surface area contributed by atoms with Crippen molar-refractivity contribution in [3.05, 3.63) is 80.6 Å². The topological polar surface area (TPSA) is 126 Å². The number of aryl methyl sites for hydroxylation is 1. The van der Waals surface area contributed by atoms with Gasteiger partial charge in [0.15, 0.2) is 5.82 Å². The number of fused-ring (bicyclic) bond motifs is 1. The van der Waals surface area contributed by atoms with E-state index < -0.39 is 46.5 Å².